The van der Waals surface area contributed by atoms with E-state index in [1.54, 1.807) is 18.5 Å². The predicted molar refractivity (Wildman–Crippen MR) is 158 cm³/mol. The number of rotatable bonds is 10. The normalized spacial score (nSPS) is 11.7. The molecule has 0 saturated carbocycles. The van der Waals surface area contributed by atoms with Crippen molar-refractivity contribution in [2.75, 3.05) is 32.0 Å². The smallest absolute Gasteiger partial charge is 0.264 e. The van der Waals surface area contributed by atoms with Crippen LogP contribution in [0.4, 0.5) is 14.5 Å². The third-order valence-corrected chi connectivity index (χ3v) is 8.15. The van der Waals surface area contributed by atoms with Gasteiger partial charge in [0.15, 0.2) is 0 Å². The number of aliphatic hydroxyl groups excluding tert-OH is 1. The number of nitrogens with zero attached hydrogens (tertiary/aromatic N) is 3. The van der Waals surface area contributed by atoms with Gasteiger partial charge in [-0.05, 0) is 65.7 Å². The molecule has 0 spiro atoms. The summed E-state index contributed by atoms with van der Waals surface area (Å²) in [5, 5.41) is 10.0. The Morgan fingerprint density at radius 3 is 2.40 bits per heavy atom. The maximum atomic E-state index is 14.3. The fourth-order valence-corrected chi connectivity index (χ4v) is 5.78. The van der Waals surface area contributed by atoms with E-state index in [1.807, 2.05) is 48.3 Å². The zero-order valence-corrected chi connectivity index (χ0v) is 23.7. The van der Waals surface area contributed by atoms with Gasteiger partial charge in [-0.1, -0.05) is 30.3 Å². The lowest BCUT2D eigenvalue weighted by Gasteiger charge is -2.15. The SMILES string of the molecule is COc1ncc(-c2ccc3nccc(-c4ccc(CN(C)CCO)cc4)c3c2)cc1NS(=O)(=O)c1ccc(F)cc1F. The lowest BCUT2D eigenvalue weighted by Crippen LogP contribution is -2.21. The van der Waals surface area contributed by atoms with Crippen LogP contribution in [0.15, 0.2) is 90.1 Å². The first-order valence-corrected chi connectivity index (χ1v) is 14.5. The summed E-state index contributed by atoms with van der Waals surface area (Å²) in [5.41, 5.74) is 5.16. The number of methoxy groups -OCH3 is 1. The second kappa shape index (κ2) is 12.2. The quantitative estimate of drug-likeness (QED) is 0.222. The fourth-order valence-electron chi connectivity index (χ4n) is 4.67. The molecule has 0 atom stereocenters. The summed E-state index contributed by atoms with van der Waals surface area (Å²) >= 11 is 0. The number of aliphatic hydroxyl groups is 1. The van der Waals surface area contributed by atoms with Crippen molar-refractivity contribution >= 4 is 26.6 Å². The summed E-state index contributed by atoms with van der Waals surface area (Å²) in [6.45, 7) is 1.41. The molecule has 0 aliphatic rings. The van der Waals surface area contributed by atoms with Crippen molar-refractivity contribution in [3.05, 3.63) is 102 Å². The number of aromatic nitrogens is 2. The predicted octanol–water partition coefficient (Wildman–Crippen LogP) is 5.48. The van der Waals surface area contributed by atoms with E-state index in [2.05, 4.69) is 26.8 Å². The molecule has 0 bridgehead atoms. The Balaban J connectivity index is 1.50. The summed E-state index contributed by atoms with van der Waals surface area (Å²) in [7, 11) is -1.13. The standard InChI is InChI=1S/C31H28F2N4O4S/c1-37(13-14-38)19-20-3-5-21(6-4-20)25-11-12-34-28-9-7-22(15-26(25)28)23-16-29(31(41-2)35-18-23)36-42(39,40)30-10-8-24(32)17-27(30)33/h3-12,15-18,36,38H,13-14,19H2,1-2H3. The third kappa shape index (κ3) is 6.23. The van der Waals surface area contributed by atoms with Crippen molar-refractivity contribution in [1.29, 1.82) is 0 Å². The minimum Gasteiger partial charge on any atom is -0.480 e. The molecule has 5 rings (SSSR count). The largest absolute Gasteiger partial charge is 0.480 e. The van der Waals surface area contributed by atoms with E-state index in [9.17, 15) is 17.2 Å². The van der Waals surface area contributed by atoms with Crippen LogP contribution in [-0.4, -0.2) is 55.7 Å². The van der Waals surface area contributed by atoms with Gasteiger partial charge in [0.25, 0.3) is 10.0 Å². The lowest BCUT2D eigenvalue weighted by atomic mass is 9.97. The molecule has 0 saturated heterocycles. The van der Waals surface area contributed by atoms with Crippen LogP contribution in [0.1, 0.15) is 5.56 Å². The Morgan fingerprint density at radius 2 is 1.69 bits per heavy atom. The first-order valence-electron chi connectivity index (χ1n) is 13.0. The van der Waals surface area contributed by atoms with Crippen LogP contribution in [0, 0.1) is 11.6 Å². The molecule has 0 radical (unpaired) electrons. The molecule has 0 aliphatic heterocycles. The molecule has 8 nitrogen and oxygen atoms in total. The summed E-state index contributed by atoms with van der Waals surface area (Å²) in [6, 6.07) is 19.6. The molecule has 2 heterocycles. The Kier molecular flexibility index (Phi) is 8.44. The number of benzene rings is 3. The molecule has 3 aromatic carbocycles. The van der Waals surface area contributed by atoms with Gasteiger partial charge in [-0.3, -0.25) is 14.6 Å². The number of likely N-dealkylation sites (N-methyl/N-ethyl adjacent to an activating group) is 1. The Hall–Kier alpha value is -4.45. The van der Waals surface area contributed by atoms with Gasteiger partial charge in [0.05, 0.1) is 19.2 Å². The van der Waals surface area contributed by atoms with Crippen LogP contribution >= 0.6 is 0 Å². The monoisotopic (exact) mass is 590 g/mol. The maximum absolute atomic E-state index is 14.3. The van der Waals surface area contributed by atoms with Gasteiger partial charge >= 0.3 is 0 Å². The molecule has 2 N–H and O–H groups in total. The van der Waals surface area contributed by atoms with Gasteiger partial charge in [0.2, 0.25) is 5.88 Å². The minimum absolute atomic E-state index is 0.00742. The summed E-state index contributed by atoms with van der Waals surface area (Å²) in [4.78, 5) is 10.1. The first kappa shape index (κ1) is 29.1. The summed E-state index contributed by atoms with van der Waals surface area (Å²) < 4.78 is 61.1. The molecular weight excluding hydrogens is 562 g/mol. The molecular formula is C31H28F2N4O4S. The average Bonchev–Trinajstić information content (AvgIpc) is 2.96. The van der Waals surface area contributed by atoms with E-state index in [4.69, 9.17) is 9.84 Å². The zero-order chi connectivity index (χ0) is 29.9. The highest BCUT2D eigenvalue weighted by molar-refractivity contribution is 7.92. The van der Waals surface area contributed by atoms with Crippen LogP contribution in [0.3, 0.4) is 0 Å². The van der Waals surface area contributed by atoms with Crippen LogP contribution < -0.4 is 9.46 Å². The first-order chi connectivity index (χ1) is 20.2. The number of hydrogen-bond donors (Lipinski definition) is 2. The van der Waals surface area contributed by atoms with Crippen molar-refractivity contribution in [3.8, 4) is 28.1 Å². The minimum atomic E-state index is -4.42. The van der Waals surface area contributed by atoms with E-state index in [0.717, 1.165) is 45.3 Å². The Bertz CT molecular complexity index is 1850. The molecule has 0 aliphatic carbocycles. The molecule has 5 aromatic rings. The van der Waals surface area contributed by atoms with E-state index >= 15 is 0 Å². The number of ether oxygens (including phenoxy) is 1. The maximum Gasteiger partial charge on any atom is 0.264 e. The van der Waals surface area contributed by atoms with Crippen molar-refractivity contribution in [2.45, 2.75) is 11.4 Å². The van der Waals surface area contributed by atoms with E-state index in [1.165, 1.54) is 7.11 Å². The van der Waals surface area contributed by atoms with E-state index < -0.39 is 26.6 Å². The molecule has 2 aromatic heterocycles. The van der Waals surface area contributed by atoms with Gasteiger partial charge in [0, 0.05) is 42.5 Å². The Labute approximate surface area is 242 Å². The van der Waals surface area contributed by atoms with Gasteiger partial charge in [-0.15, -0.1) is 0 Å². The Morgan fingerprint density at radius 1 is 0.929 bits per heavy atom. The van der Waals surface area contributed by atoms with Crippen molar-refractivity contribution < 1.29 is 27.0 Å². The van der Waals surface area contributed by atoms with E-state index in [0.29, 0.717) is 24.7 Å². The molecule has 11 heteroatoms. The number of halogens is 2. The van der Waals surface area contributed by atoms with E-state index in [-0.39, 0.29) is 18.2 Å². The van der Waals surface area contributed by atoms with Gasteiger partial charge in [0.1, 0.15) is 22.2 Å². The number of pyridine rings is 2. The topological polar surface area (TPSA) is 105 Å². The highest BCUT2D eigenvalue weighted by Gasteiger charge is 2.22. The van der Waals surface area contributed by atoms with Crippen LogP contribution in [0.5, 0.6) is 5.88 Å². The number of anilines is 1. The van der Waals surface area contributed by atoms with Gasteiger partial charge < -0.3 is 9.84 Å². The average molecular weight is 591 g/mol. The molecule has 0 amide bonds. The van der Waals surface area contributed by atoms with Crippen LogP contribution in [0.25, 0.3) is 33.2 Å². The van der Waals surface area contributed by atoms with Crippen LogP contribution in [-0.2, 0) is 16.6 Å². The second-order valence-corrected chi connectivity index (χ2v) is 11.4. The highest BCUT2D eigenvalue weighted by atomic mass is 32.2. The molecule has 0 fully saturated rings. The second-order valence-electron chi connectivity index (χ2n) is 9.71. The number of fused-ring (bicyclic) bond motifs is 1. The number of nitrogens with one attached hydrogen (secondary N) is 1. The van der Waals surface area contributed by atoms with Gasteiger partial charge in [-0.25, -0.2) is 22.2 Å². The highest BCUT2D eigenvalue weighted by Crippen LogP contribution is 2.34. The van der Waals surface area contributed by atoms with Crippen molar-refractivity contribution in [2.24, 2.45) is 0 Å². The third-order valence-electron chi connectivity index (χ3n) is 6.75. The molecule has 0 unspecified atom stereocenters. The van der Waals surface area contributed by atoms with Crippen LogP contribution in [0.2, 0.25) is 0 Å². The summed E-state index contributed by atoms with van der Waals surface area (Å²) in [5.74, 6) is -2.12. The lowest BCUT2D eigenvalue weighted by molar-refractivity contribution is 0.217. The zero-order valence-electron chi connectivity index (χ0n) is 22.9. The van der Waals surface area contributed by atoms with Crippen molar-refractivity contribution in [1.82, 2.24) is 14.9 Å². The number of sulfonamides is 1. The summed E-state index contributed by atoms with van der Waals surface area (Å²) in [6.07, 6.45) is 3.29. The van der Waals surface area contributed by atoms with Gasteiger partial charge in [-0.2, -0.15) is 0 Å². The van der Waals surface area contributed by atoms with Crippen molar-refractivity contribution in [3.63, 3.8) is 0 Å². The molecule has 216 valence electrons. The number of hydrogen-bond acceptors (Lipinski definition) is 7. The molecule has 42 heavy (non-hydrogen) atoms. The fraction of sp³-hybridized carbons (Fsp3) is 0.161.